The molecule has 0 radical (unpaired) electrons. The van der Waals surface area contributed by atoms with E-state index in [0.717, 1.165) is 22.7 Å². The fraction of sp³-hybridized carbons (Fsp3) is 0.300. The molecule has 1 aliphatic rings. The highest BCUT2D eigenvalue weighted by molar-refractivity contribution is 8.19. The van der Waals surface area contributed by atoms with E-state index < -0.39 is 9.84 Å². The predicted molar refractivity (Wildman–Crippen MR) is 121 cm³/mol. The van der Waals surface area contributed by atoms with E-state index in [2.05, 4.69) is 16.4 Å². The third kappa shape index (κ3) is 4.96. The lowest BCUT2D eigenvalue weighted by molar-refractivity contribution is -0.116. The van der Waals surface area contributed by atoms with Crippen molar-refractivity contribution in [1.82, 2.24) is 9.55 Å². The van der Waals surface area contributed by atoms with Crippen molar-refractivity contribution in [2.45, 2.75) is 16.9 Å². The maximum absolute atomic E-state index is 12.8. The average molecular weight is 448 g/mol. The van der Waals surface area contributed by atoms with Gasteiger partial charge in [0.25, 0.3) is 0 Å². The van der Waals surface area contributed by atoms with Crippen LogP contribution in [0.3, 0.4) is 0 Å². The van der Waals surface area contributed by atoms with Crippen molar-refractivity contribution in [3.05, 3.63) is 59.9 Å². The number of hydrogen-bond acceptors (Lipinski definition) is 6. The molecule has 9 heteroatoms. The highest BCUT2D eigenvalue weighted by Crippen LogP contribution is 2.45. The first-order valence-electron chi connectivity index (χ1n) is 9.14. The molecule has 2 heterocycles. The molecule has 0 aliphatic carbocycles. The van der Waals surface area contributed by atoms with Gasteiger partial charge in [-0.3, -0.25) is 4.79 Å². The average Bonchev–Trinajstić information content (AvgIpc) is 3.30. The molecule has 3 aromatic rings. The number of thioether (sulfide) groups is 2. The highest BCUT2D eigenvalue weighted by atomic mass is 32.2. The van der Waals surface area contributed by atoms with Crippen LogP contribution in [0.2, 0.25) is 0 Å². The van der Waals surface area contributed by atoms with Gasteiger partial charge in [0.2, 0.25) is 5.91 Å². The molecular formula is C20H21N3O3S3. The molecule has 1 aromatic heterocycles. The van der Waals surface area contributed by atoms with Gasteiger partial charge >= 0.3 is 0 Å². The number of aromatic nitrogens is 2. The summed E-state index contributed by atoms with van der Waals surface area (Å²) in [7, 11) is -3.28. The molecule has 6 nitrogen and oxygen atoms in total. The maximum Gasteiger partial charge on any atom is 0.244 e. The minimum Gasteiger partial charge on any atom is -0.325 e. The SMILES string of the molecule is CS(=O)(=O)Cc1nc2ccccc2n1CC(=O)Nc1cccc(C2SCCS2)c1. The third-order valence-corrected chi connectivity index (χ3v) is 8.38. The quantitative estimate of drug-likeness (QED) is 0.621. The fourth-order valence-corrected chi connectivity index (χ4v) is 6.83. The fourth-order valence-electron chi connectivity index (χ4n) is 3.30. The number of nitrogens with zero attached hydrogens (tertiary/aromatic N) is 2. The molecule has 1 amide bonds. The maximum atomic E-state index is 12.8. The lowest BCUT2D eigenvalue weighted by Gasteiger charge is -2.12. The lowest BCUT2D eigenvalue weighted by atomic mass is 10.2. The van der Waals surface area contributed by atoms with Crippen LogP contribution in [0.15, 0.2) is 48.5 Å². The molecule has 1 aliphatic heterocycles. The molecule has 4 rings (SSSR count). The second-order valence-corrected chi connectivity index (χ2v) is 11.8. The van der Waals surface area contributed by atoms with Crippen LogP contribution in [0.1, 0.15) is 16.0 Å². The highest BCUT2D eigenvalue weighted by Gasteiger charge is 2.20. The van der Waals surface area contributed by atoms with Crippen molar-refractivity contribution in [2.24, 2.45) is 0 Å². The van der Waals surface area contributed by atoms with E-state index in [9.17, 15) is 13.2 Å². The summed E-state index contributed by atoms with van der Waals surface area (Å²) in [5, 5.41) is 2.94. The number of rotatable bonds is 6. The van der Waals surface area contributed by atoms with Crippen LogP contribution in [-0.2, 0) is 26.9 Å². The number of carbonyl (C=O) groups is 1. The van der Waals surface area contributed by atoms with Gasteiger partial charge < -0.3 is 9.88 Å². The Kier molecular flexibility index (Phi) is 5.89. The number of nitrogens with one attached hydrogen (secondary N) is 1. The summed E-state index contributed by atoms with van der Waals surface area (Å²) in [5.41, 5.74) is 3.36. The number of hydrogen-bond donors (Lipinski definition) is 1. The van der Waals surface area contributed by atoms with Gasteiger partial charge in [0.15, 0.2) is 9.84 Å². The van der Waals surface area contributed by atoms with E-state index >= 15 is 0 Å². The smallest absolute Gasteiger partial charge is 0.244 e. The van der Waals surface area contributed by atoms with E-state index in [4.69, 9.17) is 0 Å². The van der Waals surface area contributed by atoms with Gasteiger partial charge in [-0.05, 0) is 29.8 Å². The number of benzene rings is 2. The van der Waals surface area contributed by atoms with Gasteiger partial charge in [-0.15, -0.1) is 23.5 Å². The molecule has 0 bridgehead atoms. The van der Waals surface area contributed by atoms with Crippen molar-refractivity contribution in [3.8, 4) is 0 Å². The molecule has 152 valence electrons. The van der Waals surface area contributed by atoms with Crippen LogP contribution in [0.4, 0.5) is 5.69 Å². The largest absolute Gasteiger partial charge is 0.325 e. The number of imidazole rings is 1. The summed E-state index contributed by atoms with van der Waals surface area (Å²) in [6.07, 6.45) is 1.17. The molecule has 1 fully saturated rings. The summed E-state index contributed by atoms with van der Waals surface area (Å²) in [4.78, 5) is 17.2. The second-order valence-electron chi connectivity index (χ2n) is 6.92. The normalized spacial score (nSPS) is 15.1. The zero-order chi connectivity index (χ0) is 20.4. The van der Waals surface area contributed by atoms with Gasteiger partial charge in [-0.25, -0.2) is 13.4 Å². The second kappa shape index (κ2) is 8.41. The molecule has 0 saturated carbocycles. The monoisotopic (exact) mass is 447 g/mol. The molecule has 29 heavy (non-hydrogen) atoms. The number of sulfone groups is 1. The van der Waals surface area contributed by atoms with Gasteiger partial charge in [0.1, 0.15) is 18.1 Å². The van der Waals surface area contributed by atoms with E-state index in [1.54, 1.807) is 4.57 Å². The summed E-state index contributed by atoms with van der Waals surface area (Å²) < 4.78 is 25.7. The van der Waals surface area contributed by atoms with Crippen LogP contribution >= 0.6 is 23.5 Å². The summed E-state index contributed by atoms with van der Waals surface area (Å²) >= 11 is 3.83. The van der Waals surface area contributed by atoms with Crippen LogP contribution in [0.5, 0.6) is 0 Å². The Balaban J connectivity index is 1.56. The van der Waals surface area contributed by atoms with Crippen LogP contribution in [0.25, 0.3) is 11.0 Å². The lowest BCUT2D eigenvalue weighted by Crippen LogP contribution is -2.21. The molecule has 0 unspecified atom stereocenters. The minimum atomic E-state index is -3.28. The Morgan fingerprint density at radius 2 is 1.93 bits per heavy atom. The topological polar surface area (TPSA) is 81.1 Å². The van der Waals surface area contributed by atoms with Crippen molar-refractivity contribution >= 4 is 56.0 Å². The molecule has 0 spiro atoms. The van der Waals surface area contributed by atoms with Gasteiger partial charge in [-0.1, -0.05) is 24.3 Å². The predicted octanol–water partition coefficient (Wildman–Crippen LogP) is 3.70. The molecular weight excluding hydrogens is 426 g/mol. The van der Waals surface area contributed by atoms with E-state index in [-0.39, 0.29) is 18.2 Å². The number of para-hydroxylation sites is 2. The Morgan fingerprint density at radius 3 is 2.69 bits per heavy atom. The number of anilines is 1. The zero-order valence-electron chi connectivity index (χ0n) is 15.9. The van der Waals surface area contributed by atoms with E-state index in [1.807, 2.05) is 66.0 Å². The first kappa shape index (κ1) is 20.3. The summed E-state index contributed by atoms with van der Waals surface area (Å²) in [6, 6.07) is 15.3. The number of amides is 1. The van der Waals surface area contributed by atoms with Gasteiger partial charge in [-0.2, -0.15) is 0 Å². The Bertz CT molecular complexity index is 1150. The Morgan fingerprint density at radius 1 is 1.17 bits per heavy atom. The standard InChI is InChI=1S/C20H21N3O3S3/c1-29(25,26)13-18-22-16-7-2-3-8-17(16)23(18)12-19(24)21-15-6-4-5-14(11-15)20-27-9-10-28-20/h2-8,11,20H,9-10,12-13H2,1H3,(H,21,24). The minimum absolute atomic E-state index is 0.00250. The van der Waals surface area contributed by atoms with Gasteiger partial charge in [0.05, 0.1) is 15.6 Å². The van der Waals surface area contributed by atoms with Crippen molar-refractivity contribution in [1.29, 1.82) is 0 Å². The molecule has 1 saturated heterocycles. The Hall–Kier alpha value is -1.97. The van der Waals surface area contributed by atoms with Crippen molar-refractivity contribution < 1.29 is 13.2 Å². The van der Waals surface area contributed by atoms with Crippen LogP contribution < -0.4 is 5.32 Å². The summed E-state index contributed by atoms with van der Waals surface area (Å²) in [5.74, 6) is 2.23. The zero-order valence-corrected chi connectivity index (χ0v) is 18.3. The summed E-state index contributed by atoms with van der Waals surface area (Å²) in [6.45, 7) is 0.00250. The van der Waals surface area contributed by atoms with Crippen molar-refractivity contribution in [3.63, 3.8) is 0 Å². The molecule has 2 aromatic carbocycles. The first-order valence-corrected chi connectivity index (χ1v) is 13.3. The van der Waals surface area contributed by atoms with Crippen LogP contribution in [0, 0.1) is 0 Å². The number of carbonyl (C=O) groups excluding carboxylic acids is 1. The van der Waals surface area contributed by atoms with Crippen molar-refractivity contribution in [2.75, 3.05) is 23.1 Å². The third-order valence-electron chi connectivity index (χ3n) is 4.49. The van der Waals surface area contributed by atoms with E-state index in [1.165, 1.54) is 11.8 Å². The van der Waals surface area contributed by atoms with Gasteiger partial charge in [0, 0.05) is 23.4 Å². The number of fused-ring (bicyclic) bond motifs is 1. The molecule has 1 N–H and O–H groups in total. The van der Waals surface area contributed by atoms with E-state index in [0.29, 0.717) is 15.9 Å². The van der Waals surface area contributed by atoms with Crippen LogP contribution in [-0.4, -0.2) is 41.6 Å². The Labute approximate surface area is 178 Å². The first-order chi connectivity index (χ1) is 13.9. The molecule has 0 atom stereocenters.